The third-order valence-electron chi connectivity index (χ3n) is 2.63. The lowest BCUT2D eigenvalue weighted by molar-refractivity contribution is -0.108. The maximum atomic E-state index is 12.0. The minimum absolute atomic E-state index is 0.138. The van der Waals surface area contributed by atoms with E-state index in [0.717, 1.165) is 0 Å². The summed E-state index contributed by atoms with van der Waals surface area (Å²) in [6.45, 7) is 0.866. The molecule has 0 unspecified atom stereocenters. The summed E-state index contributed by atoms with van der Waals surface area (Å²) in [5.74, 6) is -0.138. The standard InChI is InChI=1S/C8H9F3O4S/c9-8(10,11)16(12,13)15-6-1-2-7(3-6)4-14-5-7/h1H,2-5H2. The Balaban J connectivity index is 2.02. The van der Waals surface area contributed by atoms with Crippen molar-refractivity contribution < 1.29 is 30.5 Å². The Labute approximate surface area is 90.2 Å². The Morgan fingerprint density at radius 3 is 2.38 bits per heavy atom. The summed E-state index contributed by atoms with van der Waals surface area (Å²) in [6, 6.07) is 0. The molecule has 1 saturated heterocycles. The van der Waals surface area contributed by atoms with Crippen LogP contribution in [0.4, 0.5) is 13.2 Å². The molecule has 0 aromatic heterocycles. The van der Waals surface area contributed by atoms with Crippen LogP contribution < -0.4 is 0 Å². The van der Waals surface area contributed by atoms with Gasteiger partial charge in [-0.2, -0.15) is 21.6 Å². The van der Waals surface area contributed by atoms with Crippen molar-refractivity contribution in [3.63, 3.8) is 0 Å². The molecule has 0 aromatic carbocycles. The number of rotatable bonds is 2. The monoisotopic (exact) mass is 258 g/mol. The molecule has 1 heterocycles. The maximum Gasteiger partial charge on any atom is 0.534 e. The van der Waals surface area contributed by atoms with Crippen LogP contribution in [0, 0.1) is 5.41 Å². The van der Waals surface area contributed by atoms with Crippen LogP contribution in [0.3, 0.4) is 0 Å². The average molecular weight is 258 g/mol. The first-order valence-electron chi connectivity index (χ1n) is 4.52. The second-order valence-corrected chi connectivity index (χ2v) is 5.57. The van der Waals surface area contributed by atoms with E-state index in [1.807, 2.05) is 0 Å². The highest BCUT2D eigenvalue weighted by molar-refractivity contribution is 7.87. The van der Waals surface area contributed by atoms with Crippen LogP contribution in [0.15, 0.2) is 11.8 Å². The molecule has 0 atom stereocenters. The molecular weight excluding hydrogens is 249 g/mol. The molecule has 0 saturated carbocycles. The quantitative estimate of drug-likeness (QED) is 0.557. The van der Waals surface area contributed by atoms with Gasteiger partial charge >= 0.3 is 15.6 Å². The van der Waals surface area contributed by atoms with Gasteiger partial charge in [-0.1, -0.05) is 0 Å². The van der Waals surface area contributed by atoms with E-state index in [1.54, 1.807) is 0 Å². The maximum absolute atomic E-state index is 12.0. The first kappa shape index (κ1) is 11.7. The number of allylic oxidation sites excluding steroid dienone is 2. The summed E-state index contributed by atoms with van der Waals surface area (Å²) in [6.07, 6.45) is 2.06. The molecule has 1 fully saturated rings. The van der Waals surface area contributed by atoms with Gasteiger partial charge in [-0.3, -0.25) is 0 Å². The number of alkyl halides is 3. The molecule has 0 radical (unpaired) electrons. The van der Waals surface area contributed by atoms with Gasteiger partial charge < -0.3 is 8.92 Å². The van der Waals surface area contributed by atoms with E-state index < -0.39 is 15.6 Å². The Hall–Kier alpha value is -0.760. The predicted octanol–water partition coefficient (Wildman–Crippen LogP) is 1.55. The van der Waals surface area contributed by atoms with Gasteiger partial charge in [0.05, 0.1) is 13.2 Å². The topological polar surface area (TPSA) is 52.6 Å². The van der Waals surface area contributed by atoms with E-state index in [4.69, 9.17) is 4.74 Å². The second-order valence-electron chi connectivity index (χ2n) is 4.03. The van der Waals surface area contributed by atoms with Gasteiger partial charge in [0.2, 0.25) is 0 Å². The first-order valence-corrected chi connectivity index (χ1v) is 5.93. The van der Waals surface area contributed by atoms with E-state index in [0.29, 0.717) is 19.6 Å². The third-order valence-corrected chi connectivity index (χ3v) is 3.63. The fourth-order valence-corrected chi connectivity index (χ4v) is 2.21. The number of hydrogen-bond acceptors (Lipinski definition) is 4. The van der Waals surface area contributed by atoms with Crippen molar-refractivity contribution in [3.05, 3.63) is 11.8 Å². The highest BCUT2D eigenvalue weighted by Crippen LogP contribution is 2.44. The van der Waals surface area contributed by atoms with Gasteiger partial charge in [-0.05, 0) is 12.5 Å². The molecule has 16 heavy (non-hydrogen) atoms. The highest BCUT2D eigenvalue weighted by atomic mass is 32.2. The molecule has 8 heteroatoms. The fraction of sp³-hybridized carbons (Fsp3) is 0.750. The molecule has 2 rings (SSSR count). The fourth-order valence-electron chi connectivity index (χ4n) is 1.71. The largest absolute Gasteiger partial charge is 0.534 e. The van der Waals surface area contributed by atoms with Gasteiger partial charge in [-0.15, -0.1) is 0 Å². The van der Waals surface area contributed by atoms with Crippen LogP contribution in [0.5, 0.6) is 0 Å². The molecule has 0 amide bonds. The lowest BCUT2D eigenvalue weighted by atomic mass is 9.83. The number of hydrogen-bond donors (Lipinski definition) is 0. The van der Waals surface area contributed by atoms with Crippen LogP contribution in [0.1, 0.15) is 12.8 Å². The first-order chi connectivity index (χ1) is 7.24. The summed E-state index contributed by atoms with van der Waals surface area (Å²) in [4.78, 5) is 0. The SMILES string of the molecule is O=S(=O)(OC1=CCC2(COC2)C1)C(F)(F)F. The van der Waals surface area contributed by atoms with E-state index in [1.165, 1.54) is 6.08 Å². The van der Waals surface area contributed by atoms with E-state index in [9.17, 15) is 21.6 Å². The Morgan fingerprint density at radius 1 is 1.38 bits per heavy atom. The lowest BCUT2D eigenvalue weighted by Crippen LogP contribution is -2.40. The molecule has 2 aliphatic rings. The van der Waals surface area contributed by atoms with Crippen LogP contribution >= 0.6 is 0 Å². The number of ether oxygens (including phenoxy) is 1. The van der Waals surface area contributed by atoms with Gasteiger partial charge in [0.25, 0.3) is 0 Å². The molecule has 92 valence electrons. The van der Waals surface area contributed by atoms with Crippen molar-refractivity contribution in [3.8, 4) is 0 Å². The molecule has 0 aromatic rings. The molecule has 1 aliphatic carbocycles. The van der Waals surface area contributed by atoms with E-state index >= 15 is 0 Å². The summed E-state index contributed by atoms with van der Waals surface area (Å²) in [5, 5.41) is 0. The Morgan fingerprint density at radius 2 is 2.00 bits per heavy atom. The summed E-state index contributed by atoms with van der Waals surface area (Å²) in [7, 11) is -5.52. The van der Waals surface area contributed by atoms with Crippen LogP contribution in [-0.4, -0.2) is 27.1 Å². The molecule has 0 bridgehead atoms. The van der Waals surface area contributed by atoms with E-state index in [2.05, 4.69) is 4.18 Å². The van der Waals surface area contributed by atoms with Crippen molar-refractivity contribution in [1.29, 1.82) is 0 Å². The number of halogens is 3. The molecular formula is C8H9F3O4S. The van der Waals surface area contributed by atoms with Gasteiger partial charge in [0, 0.05) is 11.8 Å². The zero-order valence-electron chi connectivity index (χ0n) is 8.08. The van der Waals surface area contributed by atoms with Crippen molar-refractivity contribution in [1.82, 2.24) is 0 Å². The predicted molar refractivity (Wildman–Crippen MR) is 46.6 cm³/mol. The Kier molecular flexibility index (Phi) is 2.46. The average Bonchev–Trinajstić information content (AvgIpc) is 2.44. The van der Waals surface area contributed by atoms with E-state index in [-0.39, 0.29) is 17.6 Å². The minimum atomic E-state index is -5.52. The van der Waals surface area contributed by atoms with Gasteiger partial charge in [0.1, 0.15) is 5.76 Å². The van der Waals surface area contributed by atoms with Crippen LogP contribution in [0.25, 0.3) is 0 Å². The van der Waals surface area contributed by atoms with Crippen molar-refractivity contribution in [2.45, 2.75) is 18.3 Å². The summed E-state index contributed by atoms with van der Waals surface area (Å²) < 4.78 is 66.4. The van der Waals surface area contributed by atoms with Crippen molar-refractivity contribution in [2.24, 2.45) is 5.41 Å². The Bertz CT molecular complexity index is 419. The summed E-state index contributed by atoms with van der Waals surface area (Å²) in [5.41, 5.74) is -5.61. The van der Waals surface area contributed by atoms with Gasteiger partial charge in [-0.25, -0.2) is 0 Å². The summed E-state index contributed by atoms with van der Waals surface area (Å²) >= 11 is 0. The minimum Gasteiger partial charge on any atom is -0.381 e. The molecule has 1 spiro atoms. The lowest BCUT2D eigenvalue weighted by Gasteiger charge is -2.37. The third kappa shape index (κ3) is 1.91. The van der Waals surface area contributed by atoms with Crippen molar-refractivity contribution in [2.75, 3.05) is 13.2 Å². The highest BCUT2D eigenvalue weighted by Gasteiger charge is 2.50. The zero-order valence-corrected chi connectivity index (χ0v) is 8.90. The molecule has 0 N–H and O–H groups in total. The van der Waals surface area contributed by atoms with Crippen LogP contribution in [-0.2, 0) is 19.0 Å². The van der Waals surface area contributed by atoms with Crippen molar-refractivity contribution >= 4 is 10.1 Å². The normalized spacial score (nSPS) is 24.1. The smallest absolute Gasteiger partial charge is 0.381 e. The molecule has 4 nitrogen and oxygen atoms in total. The second kappa shape index (κ2) is 3.36. The zero-order chi connectivity index (χ0) is 12.0. The molecule has 1 aliphatic heterocycles. The van der Waals surface area contributed by atoms with Gasteiger partial charge in [0.15, 0.2) is 0 Å². The van der Waals surface area contributed by atoms with Crippen LogP contribution in [0.2, 0.25) is 0 Å².